The summed E-state index contributed by atoms with van der Waals surface area (Å²) in [6, 6.07) is 3.15. The van der Waals surface area contributed by atoms with Crippen LogP contribution in [0.2, 0.25) is 0 Å². The van der Waals surface area contributed by atoms with Crippen LogP contribution in [0, 0.1) is 20.8 Å². The molecule has 1 N–H and O–H groups in total. The molecule has 8 heteroatoms. The van der Waals surface area contributed by atoms with E-state index in [0.29, 0.717) is 16.7 Å². The fourth-order valence-corrected chi connectivity index (χ4v) is 4.93. The average molecular weight is 415 g/mol. The van der Waals surface area contributed by atoms with Gasteiger partial charge in [0.25, 0.3) is 0 Å². The minimum Gasteiger partial charge on any atom is -0.461 e. The molecule has 1 aromatic carbocycles. The Morgan fingerprint density at radius 1 is 1.10 bits per heavy atom. The van der Waals surface area contributed by atoms with Crippen molar-refractivity contribution in [1.82, 2.24) is 5.32 Å². The number of carbonyl (C=O) groups excluding carboxylic acids is 1. The van der Waals surface area contributed by atoms with E-state index in [1.54, 1.807) is 6.07 Å². The van der Waals surface area contributed by atoms with Gasteiger partial charge >= 0.3 is 5.63 Å². The van der Waals surface area contributed by atoms with Crippen molar-refractivity contribution < 1.29 is 22.0 Å². The summed E-state index contributed by atoms with van der Waals surface area (Å²) < 4.78 is 34.1. The molecule has 0 bridgehead atoms. The number of aryl methyl sites for hydroxylation is 3. The lowest BCUT2D eigenvalue weighted by Crippen LogP contribution is -2.35. The number of nitrogens with one attached hydrogen (secondary N) is 1. The largest absolute Gasteiger partial charge is 0.461 e. The molecule has 29 heavy (non-hydrogen) atoms. The Labute approximate surface area is 167 Å². The maximum Gasteiger partial charge on any atom is 0.339 e. The molecule has 1 aliphatic rings. The topological polar surface area (TPSA) is 107 Å². The van der Waals surface area contributed by atoms with Crippen molar-refractivity contribution in [1.29, 1.82) is 0 Å². The zero-order valence-corrected chi connectivity index (χ0v) is 17.2. The molecule has 3 heterocycles. The minimum absolute atomic E-state index is 0.0631. The predicted octanol–water partition coefficient (Wildman–Crippen LogP) is 2.82. The van der Waals surface area contributed by atoms with Crippen LogP contribution in [0.4, 0.5) is 0 Å². The van der Waals surface area contributed by atoms with Gasteiger partial charge in [-0.3, -0.25) is 4.79 Å². The van der Waals surface area contributed by atoms with Gasteiger partial charge in [-0.15, -0.1) is 0 Å². The molecule has 0 unspecified atom stereocenters. The van der Waals surface area contributed by atoms with Crippen LogP contribution < -0.4 is 10.9 Å². The lowest BCUT2D eigenvalue weighted by molar-refractivity contribution is -0.121. The first kappa shape index (κ1) is 19.4. The van der Waals surface area contributed by atoms with Gasteiger partial charge in [0.1, 0.15) is 16.9 Å². The Morgan fingerprint density at radius 2 is 1.79 bits per heavy atom. The highest BCUT2D eigenvalue weighted by Gasteiger charge is 2.23. The van der Waals surface area contributed by atoms with Crippen LogP contribution in [-0.2, 0) is 21.1 Å². The quantitative estimate of drug-likeness (QED) is 0.657. The number of benzene rings is 1. The molecule has 1 amide bonds. The van der Waals surface area contributed by atoms with Gasteiger partial charge in [-0.05, 0) is 50.5 Å². The van der Waals surface area contributed by atoms with Crippen molar-refractivity contribution in [3.8, 4) is 0 Å². The van der Waals surface area contributed by atoms with Crippen molar-refractivity contribution in [3.63, 3.8) is 0 Å². The Bertz CT molecular complexity index is 1340. The molecular weight excluding hydrogens is 394 g/mol. The smallest absolute Gasteiger partial charge is 0.339 e. The SMILES string of the molecule is Cc1oc2cc3oc(=O)c(CCC(=O)N[C@H]4C=CS(=O)(=O)C4)c(C)c3cc2c1C. The van der Waals surface area contributed by atoms with Gasteiger partial charge in [0, 0.05) is 34.2 Å². The maximum atomic E-state index is 12.5. The summed E-state index contributed by atoms with van der Waals surface area (Å²) in [6.45, 7) is 5.70. The Kier molecular flexibility index (Phi) is 4.61. The maximum absolute atomic E-state index is 12.5. The van der Waals surface area contributed by atoms with Gasteiger partial charge < -0.3 is 14.2 Å². The van der Waals surface area contributed by atoms with Gasteiger partial charge in [-0.2, -0.15) is 0 Å². The van der Waals surface area contributed by atoms with Crippen molar-refractivity contribution in [2.75, 3.05) is 5.75 Å². The molecule has 7 nitrogen and oxygen atoms in total. The van der Waals surface area contributed by atoms with E-state index in [2.05, 4.69) is 5.32 Å². The van der Waals surface area contributed by atoms with Crippen LogP contribution in [-0.4, -0.2) is 26.1 Å². The zero-order chi connectivity index (χ0) is 20.9. The molecule has 152 valence electrons. The molecule has 3 aromatic rings. The number of carbonyl (C=O) groups is 1. The second kappa shape index (κ2) is 6.88. The van der Waals surface area contributed by atoms with Gasteiger partial charge in [0.15, 0.2) is 9.84 Å². The summed E-state index contributed by atoms with van der Waals surface area (Å²) in [4.78, 5) is 24.7. The summed E-state index contributed by atoms with van der Waals surface area (Å²) in [5.74, 6) is 0.373. The summed E-state index contributed by atoms with van der Waals surface area (Å²) in [6.07, 6.45) is 1.73. The number of hydrogen-bond donors (Lipinski definition) is 1. The van der Waals surface area contributed by atoms with Crippen LogP contribution in [0.5, 0.6) is 0 Å². The molecule has 1 aliphatic heterocycles. The average Bonchev–Trinajstić information content (AvgIpc) is 3.11. The molecule has 0 saturated carbocycles. The predicted molar refractivity (Wildman–Crippen MR) is 110 cm³/mol. The van der Waals surface area contributed by atoms with Crippen LogP contribution in [0.3, 0.4) is 0 Å². The Hall–Kier alpha value is -2.87. The van der Waals surface area contributed by atoms with Crippen molar-refractivity contribution in [2.45, 2.75) is 39.7 Å². The summed E-state index contributed by atoms with van der Waals surface area (Å²) in [7, 11) is -3.23. The zero-order valence-electron chi connectivity index (χ0n) is 16.4. The fraction of sp³-hybridized carbons (Fsp3) is 0.333. The van der Waals surface area contributed by atoms with Crippen LogP contribution >= 0.6 is 0 Å². The van der Waals surface area contributed by atoms with Gasteiger partial charge in [0.05, 0.1) is 11.8 Å². The normalized spacial score (nSPS) is 18.0. The Balaban J connectivity index is 1.59. The lowest BCUT2D eigenvalue weighted by atomic mass is 10.0. The van der Waals surface area contributed by atoms with E-state index >= 15 is 0 Å². The fourth-order valence-electron chi connectivity index (χ4n) is 3.70. The highest BCUT2D eigenvalue weighted by atomic mass is 32.2. The molecule has 0 radical (unpaired) electrons. The van der Waals surface area contributed by atoms with E-state index in [-0.39, 0.29) is 24.5 Å². The molecule has 0 spiro atoms. The highest BCUT2D eigenvalue weighted by molar-refractivity contribution is 7.94. The van der Waals surface area contributed by atoms with Crippen LogP contribution in [0.1, 0.15) is 28.9 Å². The van der Waals surface area contributed by atoms with E-state index in [1.165, 1.54) is 6.08 Å². The molecule has 0 saturated heterocycles. The number of hydrogen-bond acceptors (Lipinski definition) is 6. The van der Waals surface area contributed by atoms with Crippen molar-refractivity contribution in [3.05, 3.63) is 56.5 Å². The number of rotatable bonds is 4. The molecule has 2 aromatic heterocycles. The summed E-state index contributed by atoms with van der Waals surface area (Å²) in [5, 5.41) is 5.55. The first-order chi connectivity index (χ1) is 13.6. The number of sulfone groups is 1. The van der Waals surface area contributed by atoms with E-state index < -0.39 is 21.5 Å². The van der Waals surface area contributed by atoms with E-state index in [1.807, 2.05) is 26.8 Å². The molecule has 4 rings (SSSR count). The first-order valence-electron chi connectivity index (χ1n) is 9.31. The third-order valence-electron chi connectivity index (χ3n) is 5.46. The monoisotopic (exact) mass is 415 g/mol. The van der Waals surface area contributed by atoms with Crippen LogP contribution in [0.25, 0.3) is 21.9 Å². The third-order valence-corrected chi connectivity index (χ3v) is 6.86. The Morgan fingerprint density at radius 3 is 2.48 bits per heavy atom. The standard InChI is InChI=1S/C21H21NO6S/c1-11-13(3)27-18-9-19-17(8-16(11)18)12(2)15(21(24)28-19)4-5-20(23)22-14-6-7-29(25,26)10-14/h6-9,14H,4-5,10H2,1-3H3,(H,22,23)/t14-/m0/s1. The first-order valence-corrected chi connectivity index (χ1v) is 11.0. The third kappa shape index (κ3) is 3.60. The van der Waals surface area contributed by atoms with Gasteiger partial charge in [0.2, 0.25) is 5.91 Å². The number of amides is 1. The minimum atomic E-state index is -3.23. The van der Waals surface area contributed by atoms with E-state index in [0.717, 1.165) is 33.1 Å². The van der Waals surface area contributed by atoms with Crippen molar-refractivity contribution >= 4 is 37.7 Å². The molecule has 1 atom stereocenters. The highest BCUT2D eigenvalue weighted by Crippen LogP contribution is 2.31. The lowest BCUT2D eigenvalue weighted by Gasteiger charge is -2.11. The second-order valence-electron chi connectivity index (χ2n) is 7.45. The molecule has 0 aliphatic carbocycles. The number of fused-ring (bicyclic) bond motifs is 2. The summed E-state index contributed by atoms with van der Waals surface area (Å²) >= 11 is 0. The number of furan rings is 1. The van der Waals surface area contributed by atoms with Crippen molar-refractivity contribution in [2.24, 2.45) is 0 Å². The van der Waals surface area contributed by atoms with Gasteiger partial charge in [-0.25, -0.2) is 13.2 Å². The van der Waals surface area contributed by atoms with E-state index in [9.17, 15) is 18.0 Å². The second-order valence-corrected chi connectivity index (χ2v) is 9.38. The summed E-state index contributed by atoms with van der Waals surface area (Å²) in [5.41, 5.74) is 2.88. The molecule has 0 fully saturated rings. The van der Waals surface area contributed by atoms with Crippen LogP contribution in [0.15, 0.2) is 37.2 Å². The van der Waals surface area contributed by atoms with E-state index in [4.69, 9.17) is 8.83 Å². The molecular formula is C21H21NO6S. The van der Waals surface area contributed by atoms with Gasteiger partial charge in [-0.1, -0.05) is 0 Å².